The number of ether oxygens (including phenoxy) is 1. The van der Waals surface area contributed by atoms with Gasteiger partial charge in [0.05, 0.1) is 24.3 Å². The van der Waals surface area contributed by atoms with Crippen molar-refractivity contribution in [1.82, 2.24) is 14.6 Å². The summed E-state index contributed by atoms with van der Waals surface area (Å²) in [5.41, 5.74) is 1.50. The van der Waals surface area contributed by atoms with Crippen molar-refractivity contribution in [3.63, 3.8) is 0 Å². The molecule has 0 unspecified atom stereocenters. The van der Waals surface area contributed by atoms with E-state index in [1.165, 1.54) is 16.4 Å². The van der Waals surface area contributed by atoms with Gasteiger partial charge in [0.2, 0.25) is 15.9 Å². The first kappa shape index (κ1) is 23.1. The molecule has 0 spiro atoms. The number of amides is 1. The monoisotopic (exact) mass is 473 g/mol. The normalized spacial score (nSPS) is 14.8. The summed E-state index contributed by atoms with van der Waals surface area (Å²) in [5, 5.41) is 2.81. The van der Waals surface area contributed by atoms with Gasteiger partial charge in [-0.25, -0.2) is 17.8 Å². The second kappa shape index (κ2) is 10.2. The van der Waals surface area contributed by atoms with Gasteiger partial charge in [0, 0.05) is 38.0 Å². The molecule has 1 N–H and O–H groups in total. The standard InChI is InChI=1S/C23H24FN3O5S/c24-19-5-3-18(4-6-19)21-16-26-23(32-21)10-9-22(28)25-15-17-1-7-20(8-2-17)33(29,30)27-11-13-31-14-12-27/h1-8,16H,9-15H2,(H,25,28). The van der Waals surface area contributed by atoms with Gasteiger partial charge in [-0.15, -0.1) is 0 Å². The van der Waals surface area contributed by atoms with Gasteiger partial charge in [-0.05, 0) is 42.0 Å². The fourth-order valence-corrected chi connectivity index (χ4v) is 4.81. The smallest absolute Gasteiger partial charge is 0.243 e. The maximum Gasteiger partial charge on any atom is 0.243 e. The first-order valence-corrected chi connectivity index (χ1v) is 12.0. The highest BCUT2D eigenvalue weighted by Crippen LogP contribution is 2.21. The molecular weight excluding hydrogens is 449 g/mol. The highest BCUT2D eigenvalue weighted by Gasteiger charge is 2.26. The minimum atomic E-state index is -3.54. The number of hydrogen-bond acceptors (Lipinski definition) is 6. The average Bonchev–Trinajstić information content (AvgIpc) is 3.32. The topological polar surface area (TPSA) is 102 Å². The van der Waals surface area contributed by atoms with Crippen LogP contribution in [0.4, 0.5) is 4.39 Å². The molecule has 3 aromatic rings. The van der Waals surface area contributed by atoms with E-state index in [-0.39, 0.29) is 29.6 Å². The number of aromatic nitrogens is 1. The third-order valence-electron chi connectivity index (χ3n) is 5.27. The zero-order chi connectivity index (χ0) is 23.3. The largest absolute Gasteiger partial charge is 0.441 e. The van der Waals surface area contributed by atoms with Crippen LogP contribution in [0.1, 0.15) is 17.9 Å². The fraction of sp³-hybridized carbons (Fsp3) is 0.304. The predicted molar refractivity (Wildman–Crippen MR) is 118 cm³/mol. The molecule has 1 amide bonds. The minimum absolute atomic E-state index is 0.179. The highest BCUT2D eigenvalue weighted by atomic mass is 32.2. The molecule has 8 nitrogen and oxygen atoms in total. The Bertz CT molecular complexity index is 1190. The van der Waals surface area contributed by atoms with Gasteiger partial charge in [0.1, 0.15) is 5.82 Å². The molecule has 0 saturated carbocycles. The Morgan fingerprint density at radius 2 is 1.76 bits per heavy atom. The van der Waals surface area contributed by atoms with Crippen LogP contribution in [0, 0.1) is 5.82 Å². The van der Waals surface area contributed by atoms with E-state index in [1.54, 1.807) is 42.6 Å². The molecule has 2 heterocycles. The minimum Gasteiger partial charge on any atom is -0.441 e. The van der Waals surface area contributed by atoms with Crippen LogP contribution >= 0.6 is 0 Å². The van der Waals surface area contributed by atoms with E-state index in [1.807, 2.05) is 0 Å². The number of nitrogens with zero attached hydrogens (tertiary/aromatic N) is 2. The van der Waals surface area contributed by atoms with Gasteiger partial charge in [-0.2, -0.15) is 4.31 Å². The highest BCUT2D eigenvalue weighted by molar-refractivity contribution is 7.89. The summed E-state index contributed by atoms with van der Waals surface area (Å²) in [4.78, 5) is 16.6. The van der Waals surface area contributed by atoms with Crippen LogP contribution in [0.15, 0.2) is 64.0 Å². The zero-order valence-corrected chi connectivity index (χ0v) is 18.7. The van der Waals surface area contributed by atoms with Crippen molar-refractivity contribution in [2.45, 2.75) is 24.3 Å². The number of nitrogens with one attached hydrogen (secondary N) is 1. The summed E-state index contributed by atoms with van der Waals surface area (Å²) in [6.45, 7) is 1.75. The molecule has 1 fully saturated rings. The maximum absolute atomic E-state index is 13.0. The molecule has 2 aromatic carbocycles. The van der Waals surface area contributed by atoms with Crippen molar-refractivity contribution in [2.75, 3.05) is 26.3 Å². The number of benzene rings is 2. The number of morpholine rings is 1. The number of aryl methyl sites for hydroxylation is 1. The molecule has 0 aliphatic carbocycles. The molecule has 1 saturated heterocycles. The summed E-state index contributed by atoms with van der Waals surface area (Å²) in [5.74, 6) is 0.421. The van der Waals surface area contributed by atoms with Crippen molar-refractivity contribution < 1.29 is 26.8 Å². The van der Waals surface area contributed by atoms with Crippen LogP contribution in [0.5, 0.6) is 0 Å². The first-order chi connectivity index (χ1) is 15.9. The average molecular weight is 474 g/mol. The molecule has 33 heavy (non-hydrogen) atoms. The molecule has 174 valence electrons. The molecule has 1 aliphatic rings. The van der Waals surface area contributed by atoms with Crippen LogP contribution < -0.4 is 5.32 Å². The number of sulfonamides is 1. The van der Waals surface area contributed by atoms with Gasteiger partial charge in [0.15, 0.2) is 11.7 Å². The molecule has 0 bridgehead atoms. The Labute approximate surface area is 191 Å². The van der Waals surface area contributed by atoms with Gasteiger partial charge in [-0.3, -0.25) is 4.79 Å². The summed E-state index contributed by atoms with van der Waals surface area (Å²) >= 11 is 0. The fourth-order valence-electron chi connectivity index (χ4n) is 3.40. The van der Waals surface area contributed by atoms with Gasteiger partial charge in [0.25, 0.3) is 0 Å². The van der Waals surface area contributed by atoms with Crippen LogP contribution in [-0.2, 0) is 32.5 Å². The molecular formula is C23H24FN3O5S. The van der Waals surface area contributed by atoms with E-state index in [0.29, 0.717) is 49.9 Å². The quantitative estimate of drug-likeness (QED) is 0.540. The van der Waals surface area contributed by atoms with Crippen LogP contribution in [0.2, 0.25) is 0 Å². The molecule has 10 heteroatoms. The second-order valence-corrected chi connectivity index (χ2v) is 9.50. The van der Waals surface area contributed by atoms with Gasteiger partial charge >= 0.3 is 0 Å². The number of carbonyl (C=O) groups is 1. The third-order valence-corrected chi connectivity index (χ3v) is 7.18. The summed E-state index contributed by atoms with van der Waals surface area (Å²) in [6.07, 6.45) is 2.06. The van der Waals surface area contributed by atoms with Crippen molar-refractivity contribution in [2.24, 2.45) is 0 Å². The Morgan fingerprint density at radius 1 is 1.06 bits per heavy atom. The van der Waals surface area contributed by atoms with E-state index in [0.717, 1.165) is 5.56 Å². The van der Waals surface area contributed by atoms with E-state index in [2.05, 4.69) is 10.3 Å². The van der Waals surface area contributed by atoms with Crippen molar-refractivity contribution in [3.8, 4) is 11.3 Å². The van der Waals surface area contributed by atoms with Gasteiger partial charge in [-0.1, -0.05) is 12.1 Å². The Morgan fingerprint density at radius 3 is 2.45 bits per heavy atom. The molecule has 1 aromatic heterocycles. The summed E-state index contributed by atoms with van der Waals surface area (Å²) < 4.78 is 50.6. The van der Waals surface area contributed by atoms with Crippen LogP contribution in [0.3, 0.4) is 0 Å². The number of rotatable bonds is 8. The number of hydrogen-bond donors (Lipinski definition) is 1. The third kappa shape index (κ3) is 5.84. The van der Waals surface area contributed by atoms with E-state index >= 15 is 0 Å². The maximum atomic E-state index is 13.0. The summed E-state index contributed by atoms with van der Waals surface area (Å²) in [6, 6.07) is 12.4. The molecule has 4 rings (SSSR count). The van der Waals surface area contributed by atoms with E-state index in [4.69, 9.17) is 9.15 Å². The SMILES string of the molecule is O=C(CCc1ncc(-c2ccc(F)cc2)o1)NCc1ccc(S(=O)(=O)N2CCOCC2)cc1. The van der Waals surface area contributed by atoms with Crippen LogP contribution in [-0.4, -0.2) is 49.9 Å². The first-order valence-electron chi connectivity index (χ1n) is 10.6. The number of oxazole rings is 1. The Balaban J connectivity index is 1.26. The van der Waals surface area contributed by atoms with E-state index in [9.17, 15) is 17.6 Å². The van der Waals surface area contributed by atoms with Crippen LogP contribution in [0.25, 0.3) is 11.3 Å². The Hall–Kier alpha value is -3.08. The molecule has 0 atom stereocenters. The van der Waals surface area contributed by atoms with E-state index < -0.39 is 10.0 Å². The second-order valence-electron chi connectivity index (χ2n) is 7.56. The van der Waals surface area contributed by atoms with Crippen molar-refractivity contribution in [1.29, 1.82) is 0 Å². The summed E-state index contributed by atoms with van der Waals surface area (Å²) in [7, 11) is -3.54. The predicted octanol–water partition coefficient (Wildman–Crippen LogP) is 2.75. The lowest BCUT2D eigenvalue weighted by Gasteiger charge is -2.26. The lowest BCUT2D eigenvalue weighted by Crippen LogP contribution is -2.40. The number of halogens is 1. The molecule has 1 aliphatic heterocycles. The lowest BCUT2D eigenvalue weighted by molar-refractivity contribution is -0.121. The lowest BCUT2D eigenvalue weighted by atomic mass is 10.2. The van der Waals surface area contributed by atoms with Gasteiger partial charge < -0.3 is 14.5 Å². The number of carbonyl (C=O) groups excluding carboxylic acids is 1. The van der Waals surface area contributed by atoms with Crippen molar-refractivity contribution >= 4 is 15.9 Å². The Kier molecular flexibility index (Phi) is 7.17. The molecule has 0 radical (unpaired) electrons. The zero-order valence-electron chi connectivity index (χ0n) is 17.9. The van der Waals surface area contributed by atoms with Crippen molar-refractivity contribution in [3.05, 3.63) is 72.0 Å².